The van der Waals surface area contributed by atoms with Crippen molar-refractivity contribution >= 4 is 6.09 Å². The van der Waals surface area contributed by atoms with Gasteiger partial charge in [0.05, 0.1) is 0 Å². The molecule has 0 spiro atoms. The molecule has 100 valence electrons. The number of hydrogen-bond acceptors (Lipinski definition) is 4. The van der Waals surface area contributed by atoms with Crippen LogP contribution in [0.2, 0.25) is 0 Å². The van der Waals surface area contributed by atoms with Crippen LogP contribution in [0.25, 0.3) is 0 Å². The zero-order valence-electron chi connectivity index (χ0n) is 11.1. The minimum atomic E-state index is -0.442. The van der Waals surface area contributed by atoms with E-state index in [0.717, 1.165) is 19.5 Å². The summed E-state index contributed by atoms with van der Waals surface area (Å²) in [5, 5.41) is 6.14. The highest BCUT2D eigenvalue weighted by molar-refractivity contribution is 5.67. The second kappa shape index (κ2) is 6.21. The van der Waals surface area contributed by atoms with Gasteiger partial charge in [-0.1, -0.05) is 0 Å². The highest BCUT2D eigenvalue weighted by Gasteiger charge is 2.25. The summed E-state index contributed by atoms with van der Waals surface area (Å²) in [4.78, 5) is 11.5. The zero-order valence-corrected chi connectivity index (χ0v) is 11.1. The molecule has 1 aliphatic rings. The first-order valence-electron chi connectivity index (χ1n) is 6.30. The molecule has 0 radical (unpaired) electrons. The lowest BCUT2D eigenvalue weighted by molar-refractivity contribution is 0.0509. The minimum absolute atomic E-state index is 0.348. The number of nitrogens with one attached hydrogen (secondary N) is 2. The van der Waals surface area contributed by atoms with E-state index in [-0.39, 0.29) is 6.09 Å². The Kier molecular flexibility index (Phi) is 5.21. The fourth-order valence-corrected chi connectivity index (χ4v) is 2.06. The van der Waals surface area contributed by atoms with Crippen LogP contribution in [0.3, 0.4) is 0 Å². The smallest absolute Gasteiger partial charge is 0.407 e. The molecule has 5 heteroatoms. The summed E-state index contributed by atoms with van der Waals surface area (Å²) >= 11 is 0. The van der Waals surface area contributed by atoms with Gasteiger partial charge in [0.15, 0.2) is 0 Å². The van der Waals surface area contributed by atoms with Gasteiger partial charge < -0.3 is 21.1 Å². The van der Waals surface area contributed by atoms with Crippen LogP contribution in [0.15, 0.2) is 0 Å². The van der Waals surface area contributed by atoms with Crippen LogP contribution in [-0.2, 0) is 4.74 Å². The third-order valence-electron chi connectivity index (χ3n) is 2.98. The Morgan fingerprint density at radius 2 is 2.18 bits per heavy atom. The summed E-state index contributed by atoms with van der Waals surface area (Å²) < 4.78 is 5.20. The van der Waals surface area contributed by atoms with Crippen LogP contribution in [0.1, 0.15) is 27.2 Å². The van der Waals surface area contributed by atoms with E-state index in [1.807, 2.05) is 20.8 Å². The summed E-state index contributed by atoms with van der Waals surface area (Å²) in [7, 11) is 0. The third kappa shape index (κ3) is 5.37. The molecule has 5 nitrogen and oxygen atoms in total. The molecule has 0 saturated carbocycles. The summed E-state index contributed by atoms with van der Waals surface area (Å²) in [5.74, 6) is 0.896. The highest BCUT2D eigenvalue weighted by atomic mass is 16.6. The van der Waals surface area contributed by atoms with Gasteiger partial charge in [0.1, 0.15) is 5.60 Å². The molecule has 0 aliphatic carbocycles. The number of ether oxygens (including phenoxy) is 1. The molecule has 4 N–H and O–H groups in total. The number of carbonyl (C=O) groups is 1. The van der Waals surface area contributed by atoms with Crippen LogP contribution in [-0.4, -0.2) is 37.9 Å². The van der Waals surface area contributed by atoms with E-state index in [9.17, 15) is 4.79 Å². The quantitative estimate of drug-likeness (QED) is 0.682. The molecule has 1 saturated heterocycles. The van der Waals surface area contributed by atoms with Crippen molar-refractivity contribution in [2.24, 2.45) is 17.6 Å². The molecule has 1 aliphatic heterocycles. The molecular weight excluding hydrogens is 218 g/mol. The van der Waals surface area contributed by atoms with Gasteiger partial charge in [0.25, 0.3) is 0 Å². The number of carbonyl (C=O) groups excluding carboxylic acids is 1. The van der Waals surface area contributed by atoms with Crippen molar-refractivity contribution in [2.75, 3.05) is 26.2 Å². The van der Waals surface area contributed by atoms with Crippen LogP contribution in [0.5, 0.6) is 0 Å². The van der Waals surface area contributed by atoms with Crippen LogP contribution in [0.4, 0.5) is 4.79 Å². The number of piperidine rings is 1. The Morgan fingerprint density at radius 1 is 1.47 bits per heavy atom. The largest absolute Gasteiger partial charge is 0.444 e. The average molecular weight is 243 g/mol. The van der Waals surface area contributed by atoms with Gasteiger partial charge in [0.2, 0.25) is 0 Å². The molecule has 0 bridgehead atoms. The average Bonchev–Trinajstić information content (AvgIpc) is 2.24. The molecule has 1 amide bonds. The first-order valence-corrected chi connectivity index (χ1v) is 6.30. The SMILES string of the molecule is CC(C)(C)OC(=O)NCC1CNCCC1CN. The molecule has 17 heavy (non-hydrogen) atoms. The molecule has 2 unspecified atom stereocenters. The Hall–Kier alpha value is -0.810. The van der Waals surface area contributed by atoms with Crippen LogP contribution >= 0.6 is 0 Å². The predicted molar refractivity (Wildman–Crippen MR) is 67.8 cm³/mol. The molecular formula is C12H25N3O2. The van der Waals surface area contributed by atoms with E-state index >= 15 is 0 Å². The van der Waals surface area contributed by atoms with Gasteiger partial charge in [-0.3, -0.25) is 0 Å². The maximum atomic E-state index is 11.5. The van der Waals surface area contributed by atoms with Gasteiger partial charge in [-0.15, -0.1) is 0 Å². The van der Waals surface area contributed by atoms with Gasteiger partial charge in [-0.2, -0.15) is 0 Å². The Bertz CT molecular complexity index is 251. The van der Waals surface area contributed by atoms with E-state index in [1.54, 1.807) is 0 Å². The lowest BCUT2D eigenvalue weighted by Crippen LogP contribution is -2.46. The number of nitrogens with two attached hydrogens (primary N) is 1. The molecule has 2 atom stereocenters. The van der Waals surface area contributed by atoms with Gasteiger partial charge in [-0.05, 0) is 58.7 Å². The monoisotopic (exact) mass is 243 g/mol. The van der Waals surface area contributed by atoms with E-state index < -0.39 is 5.60 Å². The summed E-state index contributed by atoms with van der Waals surface area (Å²) in [6.45, 7) is 8.82. The third-order valence-corrected chi connectivity index (χ3v) is 2.98. The summed E-state index contributed by atoms with van der Waals surface area (Å²) in [6, 6.07) is 0. The van der Waals surface area contributed by atoms with Gasteiger partial charge in [-0.25, -0.2) is 4.79 Å². The van der Waals surface area contributed by atoms with Crippen molar-refractivity contribution in [3.05, 3.63) is 0 Å². The fourth-order valence-electron chi connectivity index (χ4n) is 2.06. The number of rotatable bonds is 3. The van der Waals surface area contributed by atoms with E-state index in [4.69, 9.17) is 10.5 Å². The number of hydrogen-bond donors (Lipinski definition) is 3. The van der Waals surface area contributed by atoms with E-state index in [1.165, 1.54) is 0 Å². The lowest BCUT2D eigenvalue weighted by Gasteiger charge is -2.31. The van der Waals surface area contributed by atoms with Crippen molar-refractivity contribution in [1.82, 2.24) is 10.6 Å². The Morgan fingerprint density at radius 3 is 2.76 bits per heavy atom. The Labute approximate surface area is 103 Å². The first-order chi connectivity index (χ1) is 7.92. The second-order valence-corrected chi connectivity index (χ2v) is 5.63. The summed E-state index contributed by atoms with van der Waals surface area (Å²) in [6.07, 6.45) is 0.732. The van der Waals surface area contributed by atoms with Crippen molar-refractivity contribution in [1.29, 1.82) is 0 Å². The predicted octanol–water partition coefficient (Wildman–Crippen LogP) is 0.696. The molecule has 1 heterocycles. The summed E-state index contributed by atoms with van der Waals surface area (Å²) in [5.41, 5.74) is 5.29. The highest BCUT2D eigenvalue weighted by Crippen LogP contribution is 2.17. The molecule has 1 fully saturated rings. The topological polar surface area (TPSA) is 76.4 Å². The van der Waals surface area contributed by atoms with Crippen molar-refractivity contribution in [2.45, 2.75) is 32.8 Å². The van der Waals surface area contributed by atoms with Crippen molar-refractivity contribution in [3.63, 3.8) is 0 Å². The van der Waals surface area contributed by atoms with Crippen molar-refractivity contribution < 1.29 is 9.53 Å². The van der Waals surface area contributed by atoms with Gasteiger partial charge in [0, 0.05) is 6.54 Å². The second-order valence-electron chi connectivity index (χ2n) is 5.63. The standard InChI is InChI=1S/C12H25N3O2/c1-12(2,3)17-11(16)15-8-10-7-14-5-4-9(10)6-13/h9-10,14H,4-8,13H2,1-3H3,(H,15,16). The van der Waals surface area contributed by atoms with Crippen LogP contribution in [0, 0.1) is 11.8 Å². The fraction of sp³-hybridized carbons (Fsp3) is 0.917. The maximum absolute atomic E-state index is 11.5. The van der Waals surface area contributed by atoms with E-state index in [2.05, 4.69) is 10.6 Å². The Balaban J connectivity index is 2.31. The van der Waals surface area contributed by atoms with E-state index in [0.29, 0.717) is 24.9 Å². The zero-order chi connectivity index (χ0) is 12.9. The van der Waals surface area contributed by atoms with Gasteiger partial charge >= 0.3 is 6.09 Å². The number of amides is 1. The normalized spacial score (nSPS) is 25.4. The molecule has 0 aromatic carbocycles. The first kappa shape index (κ1) is 14.3. The maximum Gasteiger partial charge on any atom is 0.407 e. The molecule has 0 aromatic heterocycles. The number of alkyl carbamates (subject to hydrolysis) is 1. The van der Waals surface area contributed by atoms with Crippen molar-refractivity contribution in [3.8, 4) is 0 Å². The molecule has 0 aromatic rings. The van der Waals surface area contributed by atoms with Crippen LogP contribution < -0.4 is 16.4 Å². The molecule has 1 rings (SSSR count). The minimum Gasteiger partial charge on any atom is -0.444 e. The lowest BCUT2D eigenvalue weighted by atomic mass is 9.86.